The maximum atomic E-state index is 13.5. The average Bonchev–Trinajstić information content (AvgIpc) is 1.60. The first-order valence-electron chi connectivity index (χ1n) is 31.2. The number of hydrogen-bond acceptors (Lipinski definition) is 12. The molecule has 8 rings (SSSR count). The molecule has 5 atom stereocenters. The van der Waals surface area contributed by atoms with E-state index in [0.29, 0.717) is 11.5 Å². The minimum atomic E-state index is -1.13. The Bertz CT molecular complexity index is 3670. The zero-order valence-corrected chi connectivity index (χ0v) is 56.3. The van der Waals surface area contributed by atoms with Crippen LogP contribution in [0.2, 0.25) is 0 Å². The van der Waals surface area contributed by atoms with Gasteiger partial charge >= 0.3 is 11.9 Å². The van der Waals surface area contributed by atoms with E-state index in [9.17, 15) is 44.1 Å². The lowest BCUT2D eigenvalue weighted by Gasteiger charge is -2.32. The molecule has 94 heavy (non-hydrogen) atoms. The minimum absolute atomic E-state index is 0. The third-order valence-electron chi connectivity index (χ3n) is 16.4. The van der Waals surface area contributed by atoms with Crippen LogP contribution in [-0.4, -0.2) is 130 Å². The number of benzene rings is 6. The van der Waals surface area contributed by atoms with E-state index >= 15 is 0 Å². The van der Waals surface area contributed by atoms with Crippen molar-refractivity contribution in [1.82, 2.24) is 14.0 Å². The van der Waals surface area contributed by atoms with Crippen LogP contribution >= 0.6 is 12.4 Å². The molecule has 0 aliphatic rings. The molecule has 6 aromatic carbocycles. The van der Waals surface area contributed by atoms with Crippen molar-refractivity contribution in [1.29, 1.82) is 5.26 Å². The minimum Gasteiger partial charge on any atom is -0.493 e. The standard InChI is InChI=1S/C27H38N2O4.2C24H26FNO4.ClH/c1-20(2)27(19-28,22-10-12-24(31-5)26(18-22)33-7)14-8-15-29(3)16-13-21-9-11-23(30-4)25(17-21)32-6;2*1-15(2)26-21-6-4-3-5-20(21)24(16-7-9-17(25)10-8-16)22(26)12-11-18(27)13-19(28)14-23(29)30;/h9-12,17-18,20H,8,13-16H2,1-7H3;2*3-12,15,18-19,27-28H,13-14H2,1-2H3,(H,29,30);1H/b;2*12-11+;/t;2*18-,19-;/m.11./s1. The van der Waals surface area contributed by atoms with Crippen LogP contribution in [0, 0.1) is 28.9 Å². The predicted molar refractivity (Wildman–Crippen MR) is 370 cm³/mol. The summed E-state index contributed by atoms with van der Waals surface area (Å²) in [5.74, 6) is 0.133. The van der Waals surface area contributed by atoms with Crippen LogP contribution in [0.1, 0.15) is 115 Å². The molecule has 0 amide bonds. The molecule has 0 aliphatic carbocycles. The zero-order valence-electron chi connectivity index (χ0n) is 55.5. The van der Waals surface area contributed by atoms with Crippen LogP contribution in [0.3, 0.4) is 0 Å². The lowest BCUT2D eigenvalue weighted by atomic mass is 9.69. The van der Waals surface area contributed by atoms with Crippen molar-refractivity contribution in [2.75, 3.05) is 48.6 Å². The van der Waals surface area contributed by atoms with Crippen molar-refractivity contribution in [3.8, 4) is 51.3 Å². The zero-order chi connectivity index (χ0) is 68.1. The number of rotatable bonds is 29. The summed E-state index contributed by atoms with van der Waals surface area (Å²) in [6.07, 6.45) is 4.06. The Balaban J connectivity index is 0.000000254. The number of nitrogens with zero attached hydrogens (tertiary/aromatic N) is 4. The first kappa shape index (κ1) is 76.2. The number of aliphatic hydroxyl groups is 4. The van der Waals surface area contributed by atoms with Gasteiger partial charge in [-0.25, -0.2) is 8.78 Å². The second-order valence-electron chi connectivity index (χ2n) is 24.0. The third kappa shape index (κ3) is 20.0. The summed E-state index contributed by atoms with van der Waals surface area (Å²) in [6.45, 7) is 14.3. The van der Waals surface area contributed by atoms with Crippen molar-refractivity contribution in [2.45, 2.75) is 128 Å². The Morgan fingerprint density at radius 1 is 0.585 bits per heavy atom. The highest BCUT2D eigenvalue weighted by atomic mass is 35.5. The number of fused-ring (bicyclic) bond motifs is 2. The second kappa shape index (κ2) is 36.2. The number of likely N-dealkylation sites (N-methyl/N-ethyl adjacent to an activating group) is 1. The highest BCUT2D eigenvalue weighted by Gasteiger charge is 2.36. The lowest BCUT2D eigenvalue weighted by Crippen LogP contribution is -2.32. The molecule has 2 heterocycles. The van der Waals surface area contributed by atoms with Gasteiger partial charge in [-0.3, -0.25) is 9.59 Å². The lowest BCUT2D eigenvalue weighted by molar-refractivity contribution is -0.140. The molecule has 504 valence electrons. The molecule has 6 N–H and O–H groups in total. The van der Waals surface area contributed by atoms with E-state index < -0.39 is 54.6 Å². The van der Waals surface area contributed by atoms with Crippen LogP contribution in [0.15, 0.2) is 146 Å². The van der Waals surface area contributed by atoms with Gasteiger partial charge < -0.3 is 63.6 Å². The summed E-state index contributed by atoms with van der Waals surface area (Å²) in [5.41, 5.74) is 8.91. The number of para-hydroxylation sites is 2. The second-order valence-corrected chi connectivity index (χ2v) is 24.0. The number of hydrogen-bond donors (Lipinski definition) is 6. The summed E-state index contributed by atoms with van der Waals surface area (Å²) in [5, 5.41) is 70.0. The van der Waals surface area contributed by atoms with Crippen molar-refractivity contribution in [3.63, 3.8) is 0 Å². The average molecular weight is 1310 g/mol. The van der Waals surface area contributed by atoms with Gasteiger partial charge in [0, 0.05) is 75.8 Å². The molecule has 0 saturated heterocycles. The van der Waals surface area contributed by atoms with E-state index in [1.807, 2.05) is 78.9 Å². The monoisotopic (exact) mass is 1310 g/mol. The van der Waals surface area contributed by atoms with Crippen LogP contribution in [0.25, 0.3) is 56.2 Å². The maximum Gasteiger partial charge on any atom is 0.305 e. The Labute approximate surface area is 557 Å². The molecule has 2 aromatic heterocycles. The molecule has 0 radical (unpaired) electrons. The number of nitriles is 1. The fourth-order valence-corrected chi connectivity index (χ4v) is 11.8. The number of ether oxygens (including phenoxy) is 4. The van der Waals surface area contributed by atoms with Gasteiger partial charge in [0.2, 0.25) is 0 Å². The summed E-state index contributed by atoms with van der Waals surface area (Å²) < 4.78 is 52.9. The van der Waals surface area contributed by atoms with Gasteiger partial charge in [0.15, 0.2) is 23.0 Å². The highest BCUT2D eigenvalue weighted by Crippen LogP contribution is 2.42. The number of halogens is 3. The summed E-state index contributed by atoms with van der Waals surface area (Å²) in [6, 6.07) is 43.2. The van der Waals surface area contributed by atoms with Crippen LogP contribution in [0.4, 0.5) is 8.78 Å². The van der Waals surface area contributed by atoms with Crippen molar-refractivity contribution >= 4 is 58.3 Å². The first-order chi connectivity index (χ1) is 44.4. The number of aliphatic hydroxyl groups excluding tert-OH is 4. The van der Waals surface area contributed by atoms with Crippen LogP contribution in [0.5, 0.6) is 23.0 Å². The summed E-state index contributed by atoms with van der Waals surface area (Å²) in [4.78, 5) is 23.8. The van der Waals surface area contributed by atoms with Crippen molar-refractivity contribution < 1.29 is 68.0 Å². The van der Waals surface area contributed by atoms with Gasteiger partial charge in [0.1, 0.15) is 11.6 Å². The summed E-state index contributed by atoms with van der Waals surface area (Å²) in [7, 11) is 8.67. The van der Waals surface area contributed by atoms with Crippen molar-refractivity contribution in [2.24, 2.45) is 5.92 Å². The van der Waals surface area contributed by atoms with Crippen LogP contribution < -0.4 is 18.9 Å². The van der Waals surface area contributed by atoms with Crippen molar-refractivity contribution in [3.05, 3.63) is 180 Å². The third-order valence-corrected chi connectivity index (χ3v) is 16.4. The molecule has 0 spiro atoms. The normalized spacial score (nSPS) is 13.4. The fraction of sp³-hybridized carbons (Fsp3) is 0.373. The van der Waals surface area contributed by atoms with Crippen LogP contribution in [-0.2, 0) is 21.4 Å². The molecule has 0 saturated carbocycles. The highest BCUT2D eigenvalue weighted by molar-refractivity contribution is 6.02. The Morgan fingerprint density at radius 3 is 1.39 bits per heavy atom. The topological polar surface area (TPSA) is 229 Å². The maximum absolute atomic E-state index is 13.5. The number of aliphatic carboxylic acids is 2. The SMILES string of the molecule is CC(C)n1c(/C=C/[C@@H](O)C[C@@H](O)CC(=O)O)c(-c2ccc(F)cc2)c2ccccc21.CC(C)n1c(/C=C/[C@@H](O)C[C@@H](O)CC(=O)O)c(-c2ccc(F)cc2)c2ccccc21.COc1ccc(CCN(C)CCCC(C#N)(c2ccc(OC)c(OC)c2)C(C)C)cc1OC.Cl. The molecular formula is C75H91ClF2N4O12. The fourth-order valence-electron chi connectivity index (χ4n) is 11.8. The number of carboxylic acids is 2. The largest absolute Gasteiger partial charge is 0.493 e. The van der Waals surface area contributed by atoms with Gasteiger partial charge in [-0.1, -0.05) is 98.8 Å². The molecule has 8 aromatic rings. The van der Waals surface area contributed by atoms with E-state index in [-0.39, 0.29) is 54.9 Å². The number of aromatic nitrogens is 2. The Kier molecular flexibility index (Phi) is 29.3. The van der Waals surface area contributed by atoms with Gasteiger partial charge in [-0.05, 0) is 162 Å². The van der Waals surface area contributed by atoms with Gasteiger partial charge in [0.05, 0.1) is 77.2 Å². The Hall–Kier alpha value is -8.54. The van der Waals surface area contributed by atoms with E-state index in [1.54, 1.807) is 77.0 Å². The predicted octanol–water partition coefficient (Wildman–Crippen LogP) is 14.8. The van der Waals surface area contributed by atoms with E-state index in [4.69, 9.17) is 29.2 Å². The quantitative estimate of drug-likeness (QED) is 0.0256. The smallest absolute Gasteiger partial charge is 0.305 e. The number of carboxylic acid groups (broad SMARTS) is 2. The van der Waals surface area contributed by atoms with E-state index in [2.05, 4.69) is 74.8 Å². The molecule has 0 aliphatic heterocycles. The number of carbonyl (C=O) groups is 2. The molecule has 16 nitrogen and oxygen atoms in total. The van der Waals surface area contributed by atoms with Gasteiger partial charge in [-0.15, -0.1) is 12.4 Å². The van der Waals surface area contributed by atoms with E-state index in [0.717, 1.165) is 105 Å². The van der Waals surface area contributed by atoms with Gasteiger partial charge in [0.25, 0.3) is 0 Å². The molecular weight excluding hydrogens is 1220 g/mol. The number of methoxy groups -OCH3 is 4. The first-order valence-corrected chi connectivity index (χ1v) is 31.2. The van der Waals surface area contributed by atoms with Gasteiger partial charge in [-0.2, -0.15) is 5.26 Å². The molecule has 19 heteroatoms. The van der Waals surface area contributed by atoms with E-state index in [1.165, 1.54) is 29.8 Å². The molecule has 1 unspecified atom stereocenters. The molecule has 0 bridgehead atoms. The Morgan fingerprint density at radius 2 is 1.00 bits per heavy atom. The molecule has 0 fully saturated rings. The summed E-state index contributed by atoms with van der Waals surface area (Å²) >= 11 is 0.